The Bertz CT molecular complexity index is 476. The summed E-state index contributed by atoms with van der Waals surface area (Å²) in [6.07, 6.45) is -3.51. The molecule has 0 spiro atoms. The summed E-state index contributed by atoms with van der Waals surface area (Å²) in [7, 11) is 1.42. The summed E-state index contributed by atoms with van der Waals surface area (Å²) in [4.78, 5) is 2.29. The van der Waals surface area contributed by atoms with Crippen molar-refractivity contribution in [2.45, 2.75) is 25.6 Å². The second-order valence-corrected chi connectivity index (χ2v) is 5.16. The SMILES string of the molecule is CC[C@@H](c1ccc(C(F)(F)F)cc1OC)N1CCNCC1.Cl. The predicted molar refractivity (Wildman–Crippen MR) is 82.7 cm³/mol. The van der Waals surface area contributed by atoms with Crippen molar-refractivity contribution >= 4 is 12.4 Å². The molecule has 2 rings (SSSR count). The van der Waals surface area contributed by atoms with E-state index in [0.29, 0.717) is 5.75 Å². The number of halogens is 4. The fourth-order valence-electron chi connectivity index (χ4n) is 2.83. The third-order valence-electron chi connectivity index (χ3n) is 3.90. The van der Waals surface area contributed by atoms with Crippen molar-refractivity contribution in [1.82, 2.24) is 10.2 Å². The molecule has 1 aromatic rings. The number of ether oxygens (including phenoxy) is 1. The topological polar surface area (TPSA) is 24.5 Å². The van der Waals surface area contributed by atoms with E-state index in [1.807, 2.05) is 6.92 Å². The molecule has 0 radical (unpaired) electrons. The molecule has 126 valence electrons. The maximum Gasteiger partial charge on any atom is 0.416 e. The van der Waals surface area contributed by atoms with E-state index in [1.54, 1.807) is 6.07 Å². The molecule has 1 saturated heterocycles. The Morgan fingerprint density at radius 1 is 1.27 bits per heavy atom. The number of hydrogen-bond donors (Lipinski definition) is 1. The molecule has 0 bridgehead atoms. The smallest absolute Gasteiger partial charge is 0.416 e. The van der Waals surface area contributed by atoms with Gasteiger partial charge in [-0.3, -0.25) is 4.90 Å². The van der Waals surface area contributed by atoms with Gasteiger partial charge in [0.05, 0.1) is 12.7 Å². The zero-order valence-corrected chi connectivity index (χ0v) is 13.6. The Balaban J connectivity index is 0.00000242. The molecule has 1 N–H and O–H groups in total. The zero-order chi connectivity index (χ0) is 15.5. The van der Waals surface area contributed by atoms with Crippen LogP contribution in [0.1, 0.15) is 30.5 Å². The van der Waals surface area contributed by atoms with Gasteiger partial charge in [0, 0.05) is 37.8 Å². The van der Waals surface area contributed by atoms with E-state index < -0.39 is 11.7 Å². The van der Waals surface area contributed by atoms with E-state index in [-0.39, 0.29) is 18.4 Å². The third-order valence-corrected chi connectivity index (χ3v) is 3.90. The van der Waals surface area contributed by atoms with Crippen LogP contribution in [0.5, 0.6) is 5.75 Å². The fraction of sp³-hybridized carbons (Fsp3) is 0.600. The van der Waals surface area contributed by atoms with E-state index in [2.05, 4.69) is 10.2 Å². The highest BCUT2D eigenvalue weighted by atomic mass is 35.5. The fourth-order valence-corrected chi connectivity index (χ4v) is 2.83. The number of nitrogens with zero attached hydrogens (tertiary/aromatic N) is 1. The van der Waals surface area contributed by atoms with Crippen LogP contribution in [0.25, 0.3) is 0 Å². The van der Waals surface area contributed by atoms with Crippen LogP contribution in [0, 0.1) is 0 Å². The zero-order valence-electron chi connectivity index (χ0n) is 12.7. The van der Waals surface area contributed by atoms with Gasteiger partial charge in [-0.2, -0.15) is 13.2 Å². The van der Waals surface area contributed by atoms with Gasteiger partial charge in [0.2, 0.25) is 0 Å². The molecule has 1 aliphatic rings. The molecule has 0 amide bonds. The summed E-state index contributed by atoms with van der Waals surface area (Å²) < 4.78 is 43.6. The van der Waals surface area contributed by atoms with Crippen molar-refractivity contribution in [3.05, 3.63) is 29.3 Å². The molecule has 7 heteroatoms. The Kier molecular flexibility index (Phi) is 6.97. The maximum absolute atomic E-state index is 12.8. The van der Waals surface area contributed by atoms with Crippen molar-refractivity contribution in [3.63, 3.8) is 0 Å². The Labute approximate surface area is 135 Å². The number of alkyl halides is 3. The largest absolute Gasteiger partial charge is 0.496 e. The lowest BCUT2D eigenvalue weighted by Crippen LogP contribution is -2.45. The normalized spacial score (nSPS) is 17.7. The van der Waals surface area contributed by atoms with Crippen LogP contribution in [0.4, 0.5) is 13.2 Å². The van der Waals surface area contributed by atoms with E-state index in [9.17, 15) is 13.2 Å². The van der Waals surface area contributed by atoms with Gasteiger partial charge in [-0.05, 0) is 18.6 Å². The molecule has 1 atom stereocenters. The molecule has 0 saturated carbocycles. The molecule has 0 aromatic heterocycles. The summed E-state index contributed by atoms with van der Waals surface area (Å²) >= 11 is 0. The molecule has 1 heterocycles. The van der Waals surface area contributed by atoms with Crippen molar-refractivity contribution < 1.29 is 17.9 Å². The van der Waals surface area contributed by atoms with E-state index >= 15 is 0 Å². The first-order valence-corrected chi connectivity index (χ1v) is 7.17. The minimum Gasteiger partial charge on any atom is -0.496 e. The average molecular weight is 339 g/mol. The highest BCUT2D eigenvalue weighted by Gasteiger charge is 2.32. The standard InChI is InChI=1S/C15H21F3N2O.ClH/c1-3-13(20-8-6-19-7-9-20)12-5-4-11(15(16,17)18)10-14(12)21-2;/h4-5,10,13,19H,3,6-9H2,1-2H3;1H/t13-;/m0./s1. The van der Waals surface area contributed by atoms with Gasteiger partial charge >= 0.3 is 6.18 Å². The maximum atomic E-state index is 12.8. The number of benzene rings is 1. The van der Waals surface area contributed by atoms with Gasteiger partial charge in [0.1, 0.15) is 5.75 Å². The minimum atomic E-state index is -4.34. The monoisotopic (exact) mass is 338 g/mol. The lowest BCUT2D eigenvalue weighted by atomic mass is 9.99. The van der Waals surface area contributed by atoms with Gasteiger partial charge in [-0.1, -0.05) is 13.0 Å². The van der Waals surface area contributed by atoms with Gasteiger partial charge in [0.15, 0.2) is 0 Å². The number of piperazine rings is 1. The van der Waals surface area contributed by atoms with E-state index in [0.717, 1.165) is 50.3 Å². The second-order valence-electron chi connectivity index (χ2n) is 5.16. The van der Waals surface area contributed by atoms with Crippen molar-refractivity contribution in [2.24, 2.45) is 0 Å². The molecule has 0 aliphatic carbocycles. The first-order valence-electron chi connectivity index (χ1n) is 7.17. The van der Waals surface area contributed by atoms with Gasteiger partial charge in [-0.15, -0.1) is 12.4 Å². The minimum absolute atomic E-state index is 0. The molecule has 1 aromatic carbocycles. The average Bonchev–Trinajstić information content (AvgIpc) is 2.48. The van der Waals surface area contributed by atoms with Crippen LogP contribution in [0.3, 0.4) is 0 Å². The molecule has 1 aliphatic heterocycles. The molecular formula is C15H22ClF3N2O. The molecule has 3 nitrogen and oxygen atoms in total. The van der Waals surface area contributed by atoms with Crippen LogP contribution in [-0.4, -0.2) is 38.2 Å². The van der Waals surface area contributed by atoms with Crippen LogP contribution in [-0.2, 0) is 6.18 Å². The summed E-state index contributed by atoms with van der Waals surface area (Å²) in [6, 6.07) is 3.88. The Morgan fingerprint density at radius 2 is 1.91 bits per heavy atom. The van der Waals surface area contributed by atoms with Gasteiger partial charge < -0.3 is 10.1 Å². The molecule has 0 unspecified atom stereocenters. The first kappa shape index (κ1) is 19.1. The predicted octanol–water partition coefficient (Wildman–Crippen LogP) is 3.49. The highest BCUT2D eigenvalue weighted by Crippen LogP contribution is 2.37. The van der Waals surface area contributed by atoms with E-state index in [4.69, 9.17) is 4.74 Å². The Morgan fingerprint density at radius 3 is 2.41 bits per heavy atom. The van der Waals surface area contributed by atoms with Gasteiger partial charge in [-0.25, -0.2) is 0 Å². The third kappa shape index (κ3) is 4.27. The number of hydrogen-bond acceptors (Lipinski definition) is 3. The Hall–Kier alpha value is -0.980. The highest BCUT2D eigenvalue weighted by molar-refractivity contribution is 5.85. The number of methoxy groups -OCH3 is 1. The lowest BCUT2D eigenvalue weighted by molar-refractivity contribution is -0.137. The summed E-state index contributed by atoms with van der Waals surface area (Å²) in [5.74, 6) is 0.315. The van der Waals surface area contributed by atoms with Crippen LogP contribution < -0.4 is 10.1 Å². The molecular weight excluding hydrogens is 317 g/mol. The summed E-state index contributed by atoms with van der Waals surface area (Å²) in [5.41, 5.74) is 0.160. The number of nitrogens with one attached hydrogen (secondary N) is 1. The lowest BCUT2D eigenvalue weighted by Gasteiger charge is -2.35. The number of rotatable bonds is 4. The van der Waals surface area contributed by atoms with Crippen molar-refractivity contribution in [1.29, 1.82) is 0 Å². The van der Waals surface area contributed by atoms with Crippen molar-refractivity contribution in [2.75, 3.05) is 33.3 Å². The molecule has 22 heavy (non-hydrogen) atoms. The van der Waals surface area contributed by atoms with Crippen LogP contribution in [0.15, 0.2) is 18.2 Å². The molecule has 1 fully saturated rings. The quantitative estimate of drug-likeness (QED) is 0.909. The van der Waals surface area contributed by atoms with Crippen LogP contribution >= 0.6 is 12.4 Å². The first-order chi connectivity index (χ1) is 9.97. The van der Waals surface area contributed by atoms with Crippen molar-refractivity contribution in [3.8, 4) is 5.75 Å². The van der Waals surface area contributed by atoms with E-state index in [1.165, 1.54) is 7.11 Å². The summed E-state index contributed by atoms with van der Waals surface area (Å²) in [5, 5.41) is 3.28. The van der Waals surface area contributed by atoms with Crippen LogP contribution in [0.2, 0.25) is 0 Å². The second kappa shape index (κ2) is 8.04. The summed E-state index contributed by atoms with van der Waals surface area (Å²) in [6.45, 7) is 5.63. The van der Waals surface area contributed by atoms with Gasteiger partial charge in [0.25, 0.3) is 0 Å².